The molecule has 2 aromatic heterocycles. The molecule has 1 atom stereocenters. The molecule has 224 valence electrons. The van der Waals surface area contributed by atoms with Gasteiger partial charge in [0, 0.05) is 42.9 Å². The number of hydrogen-bond donors (Lipinski definition) is 2. The monoisotopic (exact) mass is 575 g/mol. The maximum absolute atomic E-state index is 13.4. The van der Waals surface area contributed by atoms with Crippen LogP contribution in [0.15, 0.2) is 48.7 Å². The smallest absolute Gasteiger partial charge is 0.407 e. The van der Waals surface area contributed by atoms with Crippen LogP contribution in [-0.2, 0) is 9.47 Å². The summed E-state index contributed by atoms with van der Waals surface area (Å²) in [5.74, 6) is 1.20. The summed E-state index contributed by atoms with van der Waals surface area (Å²) in [5.41, 5.74) is 2.87. The highest BCUT2D eigenvalue weighted by molar-refractivity contribution is 6.07. The zero-order chi connectivity index (χ0) is 29.3. The van der Waals surface area contributed by atoms with Crippen molar-refractivity contribution in [1.29, 1.82) is 0 Å². The van der Waals surface area contributed by atoms with Crippen molar-refractivity contribution >= 4 is 22.9 Å². The van der Waals surface area contributed by atoms with Crippen LogP contribution in [0.2, 0.25) is 0 Å². The predicted octanol–water partition coefficient (Wildman–Crippen LogP) is 4.29. The molecule has 2 N–H and O–H groups in total. The summed E-state index contributed by atoms with van der Waals surface area (Å²) in [4.78, 5) is 36.8. The van der Waals surface area contributed by atoms with Gasteiger partial charge in [0.1, 0.15) is 6.61 Å². The fraction of sp³-hybridized carbons (Fsp3) is 0.500. The van der Waals surface area contributed by atoms with E-state index in [0.29, 0.717) is 61.9 Å². The third-order valence-electron chi connectivity index (χ3n) is 8.00. The number of amides is 2. The Morgan fingerprint density at radius 2 is 1.86 bits per heavy atom. The van der Waals surface area contributed by atoms with Gasteiger partial charge in [0.2, 0.25) is 5.88 Å². The second-order valence-corrected chi connectivity index (χ2v) is 11.5. The number of rotatable bonds is 11. The number of pyridine rings is 2. The molecule has 1 aliphatic carbocycles. The van der Waals surface area contributed by atoms with Crippen LogP contribution in [0.25, 0.3) is 22.2 Å². The number of para-hydroxylation sites is 1. The summed E-state index contributed by atoms with van der Waals surface area (Å²) < 4.78 is 16.5. The molecule has 0 spiro atoms. The molecule has 10 heteroatoms. The molecule has 2 aliphatic rings. The van der Waals surface area contributed by atoms with Gasteiger partial charge in [-0.3, -0.25) is 4.79 Å². The summed E-state index contributed by atoms with van der Waals surface area (Å²) in [6.07, 6.45) is 6.14. The number of hydrogen-bond acceptors (Lipinski definition) is 8. The van der Waals surface area contributed by atoms with Crippen molar-refractivity contribution in [3.05, 3.63) is 54.2 Å². The summed E-state index contributed by atoms with van der Waals surface area (Å²) in [6.45, 7) is 3.65. The molecule has 1 saturated carbocycles. The van der Waals surface area contributed by atoms with Crippen LogP contribution >= 0.6 is 0 Å². The zero-order valence-corrected chi connectivity index (χ0v) is 24.5. The molecule has 5 rings (SSSR count). The first kappa shape index (κ1) is 29.7. The first-order valence-corrected chi connectivity index (χ1v) is 14.9. The number of aromatic nitrogens is 2. The van der Waals surface area contributed by atoms with Gasteiger partial charge in [0.25, 0.3) is 5.91 Å². The number of alkyl carbamates (subject to hydrolysis) is 1. The van der Waals surface area contributed by atoms with Crippen molar-refractivity contribution in [2.24, 2.45) is 11.8 Å². The highest BCUT2D eigenvalue weighted by Gasteiger charge is 2.24. The van der Waals surface area contributed by atoms with Crippen LogP contribution in [-0.4, -0.2) is 86.5 Å². The predicted molar refractivity (Wildman–Crippen MR) is 161 cm³/mol. The van der Waals surface area contributed by atoms with Gasteiger partial charge in [-0.1, -0.05) is 18.2 Å². The van der Waals surface area contributed by atoms with Crippen LogP contribution in [0.4, 0.5) is 4.79 Å². The van der Waals surface area contributed by atoms with Gasteiger partial charge in [0.15, 0.2) is 0 Å². The first-order chi connectivity index (χ1) is 20.4. The molecule has 1 aromatic carbocycles. The van der Waals surface area contributed by atoms with Crippen molar-refractivity contribution in [1.82, 2.24) is 25.5 Å². The second-order valence-electron chi connectivity index (χ2n) is 11.5. The lowest BCUT2D eigenvalue weighted by Gasteiger charge is -2.28. The van der Waals surface area contributed by atoms with E-state index in [0.717, 1.165) is 55.1 Å². The lowest BCUT2D eigenvalue weighted by atomic mass is 9.82. The number of likely N-dealkylation sites (N-methyl/N-ethyl adjacent to an activating group) is 1. The maximum Gasteiger partial charge on any atom is 0.407 e. The fourth-order valence-corrected chi connectivity index (χ4v) is 5.45. The van der Waals surface area contributed by atoms with Gasteiger partial charge in [-0.05, 0) is 76.2 Å². The quantitative estimate of drug-likeness (QED) is 0.348. The number of carbonyl (C=O) groups excluding carboxylic acids is 2. The average molecular weight is 576 g/mol. The van der Waals surface area contributed by atoms with Gasteiger partial charge in [-0.2, -0.15) is 0 Å². The van der Waals surface area contributed by atoms with Crippen molar-refractivity contribution in [3.8, 4) is 17.1 Å². The van der Waals surface area contributed by atoms with E-state index in [2.05, 4.69) is 20.5 Å². The van der Waals surface area contributed by atoms with Crippen LogP contribution in [0.3, 0.4) is 0 Å². The molecule has 2 fully saturated rings. The number of fused-ring (bicyclic) bond motifs is 1. The Morgan fingerprint density at radius 3 is 2.60 bits per heavy atom. The van der Waals surface area contributed by atoms with E-state index in [9.17, 15) is 9.59 Å². The molecule has 1 aliphatic heterocycles. The van der Waals surface area contributed by atoms with Gasteiger partial charge in [0.05, 0.1) is 36.0 Å². The molecule has 10 nitrogen and oxygen atoms in total. The number of carbonyl (C=O) groups is 2. The Balaban J connectivity index is 1.14. The summed E-state index contributed by atoms with van der Waals surface area (Å²) >= 11 is 0. The van der Waals surface area contributed by atoms with Crippen LogP contribution in [0.5, 0.6) is 5.88 Å². The van der Waals surface area contributed by atoms with Crippen LogP contribution < -0.4 is 15.4 Å². The largest absolute Gasteiger partial charge is 0.476 e. The van der Waals surface area contributed by atoms with Crippen LogP contribution in [0, 0.1) is 11.8 Å². The van der Waals surface area contributed by atoms with Crippen molar-refractivity contribution in [3.63, 3.8) is 0 Å². The van der Waals surface area contributed by atoms with E-state index in [1.54, 1.807) is 6.20 Å². The molecule has 3 heterocycles. The van der Waals surface area contributed by atoms with E-state index in [1.165, 1.54) is 0 Å². The Labute approximate surface area is 247 Å². The zero-order valence-electron chi connectivity index (χ0n) is 24.5. The van der Waals surface area contributed by atoms with E-state index in [1.807, 2.05) is 56.6 Å². The third-order valence-corrected chi connectivity index (χ3v) is 8.00. The van der Waals surface area contributed by atoms with E-state index >= 15 is 0 Å². The summed E-state index contributed by atoms with van der Waals surface area (Å²) in [5, 5.41) is 6.86. The topological polar surface area (TPSA) is 115 Å². The van der Waals surface area contributed by atoms with Crippen LogP contribution in [0.1, 0.15) is 42.5 Å². The van der Waals surface area contributed by atoms with E-state index in [4.69, 9.17) is 19.2 Å². The second kappa shape index (κ2) is 14.4. The highest BCUT2D eigenvalue weighted by atomic mass is 16.5. The standard InChI is InChI=1S/C32H41N5O5/c1-37(2)14-16-41-30-12-11-24(19-33-30)29-17-27(26-5-3-4-6-28(26)36-29)31(38)34-18-22-7-9-23(10-8-22)20-42-32(39)35-25-13-15-40-21-25/h3-6,11-12,17,19,22-23,25H,7-10,13-16,18,20-21H2,1-2H3,(H,34,38)(H,35,39)/t22?,23?,25-/m0/s1. The lowest BCUT2D eigenvalue weighted by Crippen LogP contribution is -2.37. The van der Waals surface area contributed by atoms with Gasteiger partial charge in [-0.15, -0.1) is 0 Å². The van der Waals surface area contributed by atoms with Crippen molar-refractivity contribution in [2.45, 2.75) is 38.1 Å². The third kappa shape index (κ3) is 8.17. The molecule has 2 amide bonds. The number of nitrogens with one attached hydrogen (secondary N) is 2. The van der Waals surface area contributed by atoms with E-state index < -0.39 is 0 Å². The molecule has 1 saturated heterocycles. The number of benzene rings is 1. The fourth-order valence-electron chi connectivity index (χ4n) is 5.45. The highest BCUT2D eigenvalue weighted by Crippen LogP contribution is 2.29. The average Bonchev–Trinajstić information content (AvgIpc) is 3.52. The number of ether oxygens (including phenoxy) is 3. The SMILES string of the molecule is CN(C)CCOc1ccc(-c2cc(C(=O)NCC3CCC(COC(=O)N[C@H]4CCOC4)CC3)c3ccccc3n2)cn1. The minimum absolute atomic E-state index is 0.0558. The number of nitrogens with zero attached hydrogens (tertiary/aromatic N) is 3. The van der Waals surface area contributed by atoms with Gasteiger partial charge in [-0.25, -0.2) is 14.8 Å². The van der Waals surface area contributed by atoms with Crippen molar-refractivity contribution < 1.29 is 23.8 Å². The van der Waals surface area contributed by atoms with Crippen molar-refractivity contribution in [2.75, 3.05) is 53.6 Å². The minimum Gasteiger partial charge on any atom is -0.476 e. The Morgan fingerprint density at radius 1 is 1.05 bits per heavy atom. The van der Waals surface area contributed by atoms with Gasteiger partial charge >= 0.3 is 6.09 Å². The van der Waals surface area contributed by atoms with E-state index in [-0.39, 0.29) is 18.0 Å². The van der Waals surface area contributed by atoms with Gasteiger partial charge < -0.3 is 29.7 Å². The molecular formula is C32H41N5O5. The summed E-state index contributed by atoms with van der Waals surface area (Å²) in [6, 6.07) is 13.4. The molecule has 3 aromatic rings. The first-order valence-electron chi connectivity index (χ1n) is 14.9. The normalized spacial score (nSPS) is 20.4. The molecule has 0 bridgehead atoms. The summed E-state index contributed by atoms with van der Waals surface area (Å²) in [7, 11) is 4.00. The molecule has 0 radical (unpaired) electrons. The lowest BCUT2D eigenvalue weighted by molar-refractivity contribution is 0.0920. The Bertz CT molecular complexity index is 1330. The Kier molecular flexibility index (Phi) is 10.2. The molecule has 42 heavy (non-hydrogen) atoms. The maximum atomic E-state index is 13.4. The molecule has 0 unspecified atom stereocenters. The minimum atomic E-state index is -0.358. The Hall–Kier alpha value is -3.76. The molecular weight excluding hydrogens is 534 g/mol.